The van der Waals surface area contributed by atoms with Crippen molar-refractivity contribution in [3.05, 3.63) is 48.6 Å². The van der Waals surface area contributed by atoms with E-state index in [1.807, 2.05) is 19.0 Å². The van der Waals surface area contributed by atoms with E-state index in [4.69, 9.17) is 23.7 Å². The summed E-state index contributed by atoms with van der Waals surface area (Å²) in [6.45, 7) is 7.33. The number of carbonyl (C=O) groups excluding carboxylic acids is 4. The second-order valence-electron chi connectivity index (χ2n) is 19.2. The van der Waals surface area contributed by atoms with Crippen LogP contribution in [0, 0.1) is 0 Å². The van der Waals surface area contributed by atoms with E-state index in [9.17, 15) is 19.2 Å². The van der Waals surface area contributed by atoms with E-state index >= 15 is 0 Å². The van der Waals surface area contributed by atoms with Crippen LogP contribution in [0.4, 0.5) is 4.79 Å². The lowest BCUT2D eigenvalue weighted by molar-refractivity contribution is -0.167. The Kier molecular flexibility index (Phi) is 49.8. The van der Waals surface area contributed by atoms with Crippen LogP contribution in [-0.2, 0) is 38.1 Å². The molecule has 400 valence electrons. The van der Waals surface area contributed by atoms with E-state index in [0.717, 1.165) is 116 Å². The normalized spacial score (nSPS) is 12.3. The Balaban J connectivity index is 5.03. The summed E-state index contributed by atoms with van der Waals surface area (Å²) in [5.74, 6) is -1.25. The minimum absolute atomic E-state index is 0.00802. The fourth-order valence-corrected chi connectivity index (χ4v) is 7.79. The van der Waals surface area contributed by atoms with Gasteiger partial charge in [0.05, 0.1) is 6.61 Å². The van der Waals surface area contributed by atoms with Crippen molar-refractivity contribution < 1.29 is 42.9 Å². The molecule has 0 N–H and O–H groups in total. The maximum Gasteiger partial charge on any atom is 0.508 e. The van der Waals surface area contributed by atoms with Gasteiger partial charge in [-0.3, -0.25) is 14.4 Å². The maximum absolute atomic E-state index is 13.3. The van der Waals surface area contributed by atoms with Crippen LogP contribution >= 0.6 is 0 Å². The quantitative estimate of drug-likeness (QED) is 0.0252. The molecule has 0 saturated heterocycles. The standard InChI is InChI=1S/C59H105NO9/c1-6-9-12-15-18-21-23-25-27-29-31-33-36-39-42-46-56(61)66-52-55(53-67-57(62)47-43-40-37-34-32-30-28-26-24-22-19-16-13-10-7-2)68-58(63)49-48-54(45-41-38-35-20-17-14-11-8-3)69-59(64)65-51-44-50-60(4)5/h18-19,21-22,25-28,54-55H,6-17,20,23-24,29-53H2,1-5H3/b21-18-,22-19-,27-25-,28-26-. The largest absolute Gasteiger partial charge is 0.508 e. The number of unbranched alkanes of at least 4 members (excludes halogenated alkanes) is 23. The predicted molar refractivity (Wildman–Crippen MR) is 286 cm³/mol. The van der Waals surface area contributed by atoms with Crippen LogP contribution in [0.25, 0.3) is 0 Å². The van der Waals surface area contributed by atoms with E-state index in [1.165, 1.54) is 83.5 Å². The first kappa shape index (κ1) is 65.6. The van der Waals surface area contributed by atoms with Crippen LogP contribution in [0.15, 0.2) is 48.6 Å². The average Bonchev–Trinajstić information content (AvgIpc) is 3.33. The molecule has 0 aliphatic rings. The average molecular weight is 972 g/mol. The lowest BCUT2D eigenvalue weighted by Crippen LogP contribution is -2.31. The van der Waals surface area contributed by atoms with Crippen molar-refractivity contribution in [2.45, 2.75) is 264 Å². The number of nitrogens with zero attached hydrogens (tertiary/aromatic N) is 1. The Morgan fingerprint density at radius 1 is 0.391 bits per heavy atom. The molecule has 0 aromatic carbocycles. The summed E-state index contributed by atoms with van der Waals surface area (Å²) in [4.78, 5) is 53.5. The monoisotopic (exact) mass is 972 g/mol. The van der Waals surface area contributed by atoms with Gasteiger partial charge in [-0.2, -0.15) is 0 Å². The smallest absolute Gasteiger partial charge is 0.462 e. The van der Waals surface area contributed by atoms with Crippen LogP contribution in [-0.4, -0.2) is 81.6 Å². The summed E-state index contributed by atoms with van der Waals surface area (Å²) < 4.78 is 28.0. The maximum atomic E-state index is 13.3. The van der Waals surface area contributed by atoms with Gasteiger partial charge in [0.25, 0.3) is 0 Å². The first-order valence-corrected chi connectivity index (χ1v) is 28.3. The number of esters is 3. The topological polar surface area (TPSA) is 118 Å². The van der Waals surface area contributed by atoms with Crippen molar-refractivity contribution >= 4 is 24.1 Å². The zero-order chi connectivity index (χ0) is 50.5. The zero-order valence-electron chi connectivity index (χ0n) is 45.2. The van der Waals surface area contributed by atoms with Gasteiger partial charge in [0.1, 0.15) is 19.3 Å². The SMILES string of the molecule is CCCCC/C=C\C/C=C\CCCCCCCC(=O)OCC(COC(=O)CCCCCCC/C=C\C/C=C\CCCCC)OC(=O)CCC(CCCCCCCCCC)OC(=O)OCCCN(C)C. The number of allylic oxidation sites excluding steroid dienone is 8. The van der Waals surface area contributed by atoms with E-state index in [-0.39, 0.29) is 57.4 Å². The first-order valence-electron chi connectivity index (χ1n) is 28.3. The Morgan fingerprint density at radius 2 is 0.797 bits per heavy atom. The van der Waals surface area contributed by atoms with Gasteiger partial charge in [0, 0.05) is 25.8 Å². The van der Waals surface area contributed by atoms with Gasteiger partial charge in [-0.1, -0.05) is 179 Å². The number of carbonyl (C=O) groups is 4. The van der Waals surface area contributed by atoms with Crippen molar-refractivity contribution in [2.24, 2.45) is 0 Å². The Labute approximate surface area is 423 Å². The van der Waals surface area contributed by atoms with Crippen LogP contribution in [0.2, 0.25) is 0 Å². The Morgan fingerprint density at radius 3 is 1.26 bits per heavy atom. The fourth-order valence-electron chi connectivity index (χ4n) is 7.79. The number of hydrogen-bond donors (Lipinski definition) is 0. The second-order valence-corrected chi connectivity index (χ2v) is 19.2. The number of ether oxygens (including phenoxy) is 5. The number of hydrogen-bond acceptors (Lipinski definition) is 10. The van der Waals surface area contributed by atoms with Crippen molar-refractivity contribution in [1.82, 2.24) is 4.90 Å². The van der Waals surface area contributed by atoms with Gasteiger partial charge in [-0.25, -0.2) is 4.79 Å². The molecule has 10 heteroatoms. The molecule has 0 bridgehead atoms. The van der Waals surface area contributed by atoms with Crippen LogP contribution < -0.4 is 0 Å². The molecule has 0 rings (SSSR count). The van der Waals surface area contributed by atoms with Gasteiger partial charge in [-0.05, 0) is 117 Å². The molecule has 1 atom stereocenters. The Hall–Kier alpha value is -3.40. The third-order valence-corrected chi connectivity index (χ3v) is 12.1. The Bertz CT molecular complexity index is 1250. The van der Waals surface area contributed by atoms with E-state index in [0.29, 0.717) is 12.8 Å². The second kappa shape index (κ2) is 52.4. The van der Waals surface area contributed by atoms with E-state index in [1.54, 1.807) is 0 Å². The summed E-state index contributed by atoms with van der Waals surface area (Å²) in [5.41, 5.74) is 0. The van der Waals surface area contributed by atoms with Gasteiger partial charge in [0.2, 0.25) is 0 Å². The minimum atomic E-state index is -0.937. The van der Waals surface area contributed by atoms with Crippen LogP contribution in [0.3, 0.4) is 0 Å². The highest BCUT2D eigenvalue weighted by Crippen LogP contribution is 2.18. The summed E-state index contributed by atoms with van der Waals surface area (Å²) in [6, 6.07) is 0. The molecule has 0 saturated carbocycles. The van der Waals surface area contributed by atoms with Crippen molar-refractivity contribution in [2.75, 3.05) is 40.5 Å². The highest BCUT2D eigenvalue weighted by molar-refractivity contribution is 5.71. The molecule has 0 aliphatic carbocycles. The van der Waals surface area contributed by atoms with Crippen molar-refractivity contribution in [3.8, 4) is 0 Å². The number of rotatable bonds is 50. The molecule has 0 fully saturated rings. The zero-order valence-corrected chi connectivity index (χ0v) is 45.2. The van der Waals surface area contributed by atoms with E-state index in [2.05, 4.69) is 69.4 Å². The summed E-state index contributed by atoms with van der Waals surface area (Å²) in [5, 5.41) is 0. The summed E-state index contributed by atoms with van der Waals surface area (Å²) in [6.07, 6.45) is 51.4. The predicted octanol–water partition coefficient (Wildman–Crippen LogP) is 16.4. The minimum Gasteiger partial charge on any atom is -0.462 e. The molecule has 0 aliphatic heterocycles. The molecule has 0 heterocycles. The van der Waals surface area contributed by atoms with Crippen LogP contribution in [0.1, 0.15) is 252 Å². The molecule has 0 aromatic rings. The first-order chi connectivity index (χ1) is 33.7. The molecule has 0 aromatic heterocycles. The molecule has 0 radical (unpaired) electrons. The molecule has 1 unspecified atom stereocenters. The van der Waals surface area contributed by atoms with E-state index < -0.39 is 24.3 Å². The van der Waals surface area contributed by atoms with Gasteiger partial charge in [0.15, 0.2) is 6.10 Å². The molecule has 69 heavy (non-hydrogen) atoms. The third-order valence-electron chi connectivity index (χ3n) is 12.1. The highest BCUT2D eigenvalue weighted by Gasteiger charge is 2.22. The van der Waals surface area contributed by atoms with Gasteiger partial charge in [-0.15, -0.1) is 0 Å². The molecule has 0 amide bonds. The van der Waals surface area contributed by atoms with Gasteiger partial charge < -0.3 is 28.6 Å². The van der Waals surface area contributed by atoms with Crippen molar-refractivity contribution in [3.63, 3.8) is 0 Å². The third kappa shape index (κ3) is 50.8. The van der Waals surface area contributed by atoms with Crippen molar-refractivity contribution in [1.29, 1.82) is 0 Å². The summed E-state index contributed by atoms with van der Waals surface area (Å²) in [7, 11) is 3.93. The summed E-state index contributed by atoms with van der Waals surface area (Å²) >= 11 is 0. The van der Waals surface area contributed by atoms with Gasteiger partial charge >= 0.3 is 24.1 Å². The van der Waals surface area contributed by atoms with Crippen LogP contribution in [0.5, 0.6) is 0 Å². The lowest BCUT2D eigenvalue weighted by atomic mass is 10.0. The fraction of sp³-hybridized carbons (Fsp3) is 0.797. The molecular weight excluding hydrogens is 867 g/mol. The molecular formula is C59H105NO9. The molecule has 10 nitrogen and oxygen atoms in total. The highest BCUT2D eigenvalue weighted by atomic mass is 16.7. The lowest BCUT2D eigenvalue weighted by Gasteiger charge is -2.20. The molecule has 0 spiro atoms.